The Morgan fingerprint density at radius 2 is 1.72 bits per heavy atom. The number of nitrogens with zero attached hydrogens (tertiary/aromatic N) is 2. The van der Waals surface area contributed by atoms with Gasteiger partial charge in [-0.3, -0.25) is 14.7 Å². The number of amides is 1. The van der Waals surface area contributed by atoms with Crippen molar-refractivity contribution in [3.8, 4) is 0 Å². The number of ketones is 1. The molecule has 0 saturated heterocycles. The first-order chi connectivity index (χ1) is 18.5. The average Bonchev–Trinajstić information content (AvgIpc) is 3.59. The molecule has 1 atom stereocenters. The third-order valence-corrected chi connectivity index (χ3v) is 7.42. The van der Waals surface area contributed by atoms with Crippen LogP contribution >= 0.6 is 0 Å². The molecule has 3 aromatic heterocycles. The molecule has 1 amide bonds. The van der Waals surface area contributed by atoms with Crippen LogP contribution in [0, 0.1) is 0 Å². The predicted octanol–water partition coefficient (Wildman–Crippen LogP) is 5.83. The summed E-state index contributed by atoms with van der Waals surface area (Å²) in [5, 5.41) is 13.7. The normalized spacial score (nSPS) is 13.4. The molecule has 39 heavy (non-hydrogen) atoms. The van der Waals surface area contributed by atoms with Gasteiger partial charge < -0.3 is 15.0 Å². The van der Waals surface area contributed by atoms with Gasteiger partial charge in [-0.1, -0.05) is 38.1 Å². The monoisotopic (exact) mass is 527 g/mol. The number of hydrogen-bond donors (Lipinski definition) is 3. The Kier molecular flexibility index (Phi) is 8.40. The Bertz CT molecular complexity index is 1430. The maximum atomic E-state index is 13.6. The number of carbonyl (C=O) groups is 2. The van der Waals surface area contributed by atoms with Crippen molar-refractivity contribution in [3.05, 3.63) is 94.6 Å². The van der Waals surface area contributed by atoms with Crippen LogP contribution in [0.5, 0.6) is 0 Å². The lowest BCUT2D eigenvalue weighted by Gasteiger charge is -2.28. The van der Waals surface area contributed by atoms with Crippen LogP contribution in [-0.2, 0) is 18.4 Å². The lowest BCUT2D eigenvalue weighted by Crippen LogP contribution is -2.43. The summed E-state index contributed by atoms with van der Waals surface area (Å²) in [6.45, 7) is 13.5. The van der Waals surface area contributed by atoms with Crippen molar-refractivity contribution in [2.24, 2.45) is 0 Å². The number of nitrogens with one attached hydrogen (secondary N) is 3. The van der Waals surface area contributed by atoms with Crippen LogP contribution in [0.15, 0.2) is 60.9 Å². The van der Waals surface area contributed by atoms with E-state index in [4.69, 9.17) is 0 Å². The zero-order valence-electron chi connectivity index (χ0n) is 24.0. The maximum Gasteiger partial charge on any atom is 0.252 e. The Morgan fingerprint density at radius 1 is 0.974 bits per heavy atom. The largest absolute Gasteiger partial charge is 0.341 e. The molecule has 0 fully saturated rings. The first-order valence-corrected chi connectivity index (χ1v) is 13.9. The third kappa shape index (κ3) is 6.48. The first-order valence-electron chi connectivity index (χ1n) is 13.9. The zero-order chi connectivity index (χ0) is 28.2. The van der Waals surface area contributed by atoms with Gasteiger partial charge in [0.05, 0.1) is 16.9 Å². The van der Waals surface area contributed by atoms with E-state index in [2.05, 4.69) is 53.7 Å². The fourth-order valence-electron chi connectivity index (χ4n) is 4.85. The molecule has 3 N–H and O–H groups in total. The number of carbonyl (C=O) groups excluding carboxylic acids is 2. The van der Waals surface area contributed by atoms with Crippen LogP contribution < -0.4 is 10.6 Å². The molecule has 0 radical (unpaired) electrons. The van der Waals surface area contributed by atoms with Gasteiger partial charge in [-0.25, -0.2) is 0 Å². The van der Waals surface area contributed by atoms with Crippen molar-refractivity contribution in [2.45, 2.75) is 78.3 Å². The Morgan fingerprint density at radius 3 is 2.33 bits per heavy atom. The van der Waals surface area contributed by atoms with E-state index in [1.54, 1.807) is 12.3 Å². The number of H-pyrrole nitrogens is 1. The highest BCUT2D eigenvalue weighted by Gasteiger charge is 2.29. The first kappa shape index (κ1) is 28.3. The smallest absolute Gasteiger partial charge is 0.252 e. The van der Waals surface area contributed by atoms with Crippen molar-refractivity contribution in [1.29, 1.82) is 0 Å². The van der Waals surface area contributed by atoms with Crippen molar-refractivity contribution in [2.75, 3.05) is 6.54 Å². The fraction of sp³-hybridized carbons (Fsp3) is 0.406. The standard InChI is InChI=1S/C32H41N5O2/c1-7-23-20-26-21-25(30(39)35-32(6,8-2)27-15-18-34-36-27)16-19-37(26)28(23)29(38)24-13-11-22(12-14-24)10-9-17-33-31(3,4)5/h11-16,18-21,33H,7-10,17H2,1-6H3,(H,34,36)(H,35,39). The number of aromatic amines is 1. The molecular weight excluding hydrogens is 486 g/mol. The van der Waals surface area contributed by atoms with Crippen LogP contribution in [0.2, 0.25) is 0 Å². The van der Waals surface area contributed by atoms with E-state index in [-0.39, 0.29) is 17.2 Å². The van der Waals surface area contributed by atoms with Crippen LogP contribution in [0.3, 0.4) is 0 Å². The van der Waals surface area contributed by atoms with Gasteiger partial charge in [-0.2, -0.15) is 5.10 Å². The Labute approximate surface area is 231 Å². The lowest BCUT2D eigenvalue weighted by atomic mass is 9.94. The summed E-state index contributed by atoms with van der Waals surface area (Å²) in [4.78, 5) is 26.9. The molecule has 0 spiro atoms. The highest BCUT2D eigenvalue weighted by Crippen LogP contribution is 2.25. The van der Waals surface area contributed by atoms with E-state index < -0.39 is 5.54 Å². The molecule has 0 aliphatic carbocycles. The maximum absolute atomic E-state index is 13.6. The van der Waals surface area contributed by atoms with Gasteiger partial charge >= 0.3 is 0 Å². The number of aromatic nitrogens is 3. The Hall–Kier alpha value is -3.71. The summed E-state index contributed by atoms with van der Waals surface area (Å²) in [6, 6.07) is 15.5. The summed E-state index contributed by atoms with van der Waals surface area (Å²) < 4.78 is 1.90. The van der Waals surface area contributed by atoms with Crippen molar-refractivity contribution in [1.82, 2.24) is 25.2 Å². The highest BCUT2D eigenvalue weighted by atomic mass is 16.2. The molecule has 4 rings (SSSR count). The van der Waals surface area contributed by atoms with E-state index in [1.807, 2.05) is 61.7 Å². The molecule has 7 heteroatoms. The van der Waals surface area contributed by atoms with E-state index in [1.165, 1.54) is 5.56 Å². The van der Waals surface area contributed by atoms with Gasteiger partial charge in [-0.15, -0.1) is 0 Å². The second kappa shape index (κ2) is 11.6. The van der Waals surface area contributed by atoms with E-state index in [0.29, 0.717) is 23.2 Å². The molecule has 0 bridgehead atoms. The average molecular weight is 528 g/mol. The Balaban J connectivity index is 1.52. The van der Waals surface area contributed by atoms with Gasteiger partial charge in [0, 0.05) is 34.6 Å². The molecule has 1 aromatic carbocycles. The number of aryl methyl sites for hydroxylation is 2. The predicted molar refractivity (Wildman–Crippen MR) is 156 cm³/mol. The van der Waals surface area contributed by atoms with E-state index >= 15 is 0 Å². The van der Waals surface area contributed by atoms with Crippen molar-refractivity contribution >= 4 is 17.2 Å². The summed E-state index contributed by atoms with van der Waals surface area (Å²) in [5.74, 6) is -0.181. The number of pyridine rings is 1. The molecule has 4 aromatic rings. The molecule has 206 valence electrons. The number of hydrogen-bond acceptors (Lipinski definition) is 4. The van der Waals surface area contributed by atoms with Gasteiger partial charge in [-0.05, 0) is 95.3 Å². The lowest BCUT2D eigenvalue weighted by molar-refractivity contribution is 0.0899. The minimum atomic E-state index is -0.563. The second-order valence-corrected chi connectivity index (χ2v) is 11.5. The molecule has 0 saturated carbocycles. The summed E-state index contributed by atoms with van der Waals surface area (Å²) in [7, 11) is 0. The molecule has 7 nitrogen and oxygen atoms in total. The van der Waals surface area contributed by atoms with Crippen LogP contribution in [-0.4, -0.2) is 38.4 Å². The quantitative estimate of drug-likeness (QED) is 0.169. The molecule has 0 aliphatic rings. The molecule has 1 unspecified atom stereocenters. The minimum absolute atomic E-state index is 0.0113. The number of benzene rings is 1. The van der Waals surface area contributed by atoms with Crippen LogP contribution in [0.25, 0.3) is 5.52 Å². The summed E-state index contributed by atoms with van der Waals surface area (Å²) in [6.07, 6.45) is 6.95. The fourth-order valence-corrected chi connectivity index (χ4v) is 4.85. The van der Waals surface area contributed by atoms with Gasteiger partial charge in [0.2, 0.25) is 5.78 Å². The van der Waals surface area contributed by atoms with Gasteiger partial charge in [0.25, 0.3) is 5.91 Å². The number of fused-ring (bicyclic) bond motifs is 1. The van der Waals surface area contributed by atoms with Crippen LogP contribution in [0.4, 0.5) is 0 Å². The van der Waals surface area contributed by atoms with Crippen molar-refractivity contribution in [3.63, 3.8) is 0 Å². The molecule has 0 aliphatic heterocycles. The topological polar surface area (TPSA) is 91.3 Å². The minimum Gasteiger partial charge on any atom is -0.341 e. The molecular formula is C32H41N5O2. The summed E-state index contributed by atoms with van der Waals surface area (Å²) >= 11 is 0. The van der Waals surface area contributed by atoms with E-state index in [9.17, 15) is 9.59 Å². The van der Waals surface area contributed by atoms with Gasteiger partial charge in [0.15, 0.2) is 0 Å². The van der Waals surface area contributed by atoms with Gasteiger partial charge in [0.1, 0.15) is 0 Å². The molecule has 3 heterocycles. The summed E-state index contributed by atoms with van der Waals surface area (Å²) in [5.41, 5.74) is 5.29. The SMILES string of the molecule is CCc1cc2cc(C(=O)NC(C)(CC)c3ccn[nH]3)ccn2c1C(=O)c1ccc(CCCNC(C)(C)C)cc1. The third-order valence-electron chi connectivity index (χ3n) is 7.42. The van der Waals surface area contributed by atoms with Crippen LogP contribution in [0.1, 0.15) is 97.6 Å². The van der Waals surface area contributed by atoms with Crippen molar-refractivity contribution < 1.29 is 9.59 Å². The highest BCUT2D eigenvalue weighted by molar-refractivity contribution is 6.10. The number of rotatable bonds is 11. The van der Waals surface area contributed by atoms with E-state index in [0.717, 1.165) is 42.6 Å². The zero-order valence-corrected chi connectivity index (χ0v) is 24.0. The second-order valence-electron chi connectivity index (χ2n) is 11.5.